The van der Waals surface area contributed by atoms with Crippen LogP contribution >= 0.6 is 0 Å². The van der Waals surface area contributed by atoms with Crippen LogP contribution in [0.1, 0.15) is 48.0 Å². The molecule has 0 saturated heterocycles. The molecule has 0 aliphatic carbocycles. The number of carbonyl (C=O) groups is 2. The highest BCUT2D eigenvalue weighted by molar-refractivity contribution is 6.06. The number of hydrogen-bond donors (Lipinski definition) is 3. The van der Waals surface area contributed by atoms with Crippen LogP contribution in [0, 0.1) is 6.92 Å². The van der Waals surface area contributed by atoms with Gasteiger partial charge in [0.2, 0.25) is 5.91 Å². The Labute approximate surface area is 155 Å². The lowest BCUT2D eigenvalue weighted by Gasteiger charge is -2.13. The molecule has 0 aliphatic rings. The highest BCUT2D eigenvalue weighted by Crippen LogP contribution is 2.21. The topological polar surface area (TPSA) is 84.2 Å². The number of anilines is 2. The quantitative estimate of drug-likeness (QED) is 0.594. The Kier molecular flexibility index (Phi) is 7.83. The van der Waals surface area contributed by atoms with E-state index < -0.39 is 0 Å². The lowest BCUT2D eigenvalue weighted by atomic mass is 10.1. The van der Waals surface area contributed by atoms with Gasteiger partial charge in [-0.3, -0.25) is 9.59 Å². The van der Waals surface area contributed by atoms with E-state index in [1.165, 1.54) is 0 Å². The van der Waals surface area contributed by atoms with E-state index >= 15 is 0 Å². The van der Waals surface area contributed by atoms with Gasteiger partial charge >= 0.3 is 0 Å². The van der Waals surface area contributed by atoms with Crippen LogP contribution in [0.4, 0.5) is 11.4 Å². The van der Waals surface area contributed by atoms with Crippen LogP contribution in [0.3, 0.4) is 0 Å². The predicted molar refractivity (Wildman–Crippen MR) is 106 cm³/mol. The average molecular weight is 353 g/mol. The SMILES string of the molecule is Cc1c(NC(=O)CCCCCCN)cccc1C(=O)Nc1ccccc1. The first-order chi connectivity index (χ1) is 12.6. The third-order valence-corrected chi connectivity index (χ3v) is 4.24. The van der Waals surface area contributed by atoms with Crippen molar-refractivity contribution in [1.82, 2.24) is 0 Å². The average Bonchev–Trinajstić information content (AvgIpc) is 2.64. The number of nitrogens with one attached hydrogen (secondary N) is 2. The van der Waals surface area contributed by atoms with Gasteiger partial charge in [-0.1, -0.05) is 37.1 Å². The van der Waals surface area contributed by atoms with Crippen LogP contribution in [0.2, 0.25) is 0 Å². The zero-order chi connectivity index (χ0) is 18.8. The molecule has 0 aliphatic heterocycles. The van der Waals surface area contributed by atoms with E-state index in [-0.39, 0.29) is 11.8 Å². The molecule has 138 valence electrons. The van der Waals surface area contributed by atoms with Crippen LogP contribution in [0.15, 0.2) is 48.5 Å². The number of nitrogens with two attached hydrogens (primary N) is 1. The summed E-state index contributed by atoms with van der Waals surface area (Å²) in [6.45, 7) is 2.54. The minimum Gasteiger partial charge on any atom is -0.330 e. The summed E-state index contributed by atoms with van der Waals surface area (Å²) in [6.07, 6.45) is 4.38. The Morgan fingerprint density at radius 3 is 2.35 bits per heavy atom. The molecule has 0 spiro atoms. The van der Waals surface area contributed by atoms with Crippen molar-refractivity contribution in [1.29, 1.82) is 0 Å². The van der Waals surface area contributed by atoms with Gasteiger partial charge in [-0.15, -0.1) is 0 Å². The Balaban J connectivity index is 1.95. The fourth-order valence-electron chi connectivity index (χ4n) is 2.73. The van der Waals surface area contributed by atoms with Crippen molar-refractivity contribution in [3.8, 4) is 0 Å². The number of benzene rings is 2. The molecule has 0 atom stereocenters. The number of unbranched alkanes of at least 4 members (excludes halogenated alkanes) is 3. The molecule has 0 saturated carbocycles. The molecule has 2 aromatic carbocycles. The summed E-state index contributed by atoms with van der Waals surface area (Å²) in [6, 6.07) is 14.7. The van der Waals surface area contributed by atoms with Crippen molar-refractivity contribution in [3.63, 3.8) is 0 Å². The highest BCUT2D eigenvalue weighted by Gasteiger charge is 2.13. The fourth-order valence-corrected chi connectivity index (χ4v) is 2.73. The van der Waals surface area contributed by atoms with Gasteiger partial charge in [0.1, 0.15) is 0 Å². The Hall–Kier alpha value is -2.66. The number of carbonyl (C=O) groups excluding carboxylic acids is 2. The zero-order valence-corrected chi connectivity index (χ0v) is 15.3. The van der Waals surface area contributed by atoms with Gasteiger partial charge in [-0.05, 0) is 56.1 Å². The third kappa shape index (κ3) is 6.01. The molecule has 0 radical (unpaired) electrons. The van der Waals surface area contributed by atoms with Crippen molar-refractivity contribution < 1.29 is 9.59 Å². The van der Waals surface area contributed by atoms with Gasteiger partial charge in [-0.2, -0.15) is 0 Å². The van der Waals surface area contributed by atoms with Crippen LogP contribution in [-0.4, -0.2) is 18.4 Å². The van der Waals surface area contributed by atoms with Gasteiger partial charge < -0.3 is 16.4 Å². The first kappa shape index (κ1) is 19.7. The number of hydrogen-bond acceptors (Lipinski definition) is 3. The van der Waals surface area contributed by atoms with E-state index in [1.807, 2.05) is 43.3 Å². The second kappa shape index (κ2) is 10.4. The molecule has 4 N–H and O–H groups in total. The van der Waals surface area contributed by atoms with Gasteiger partial charge in [0, 0.05) is 23.4 Å². The lowest BCUT2D eigenvalue weighted by Crippen LogP contribution is -2.16. The van der Waals surface area contributed by atoms with Crippen LogP contribution in [0.5, 0.6) is 0 Å². The van der Waals surface area contributed by atoms with Crippen molar-refractivity contribution in [2.45, 2.75) is 39.0 Å². The monoisotopic (exact) mass is 353 g/mol. The summed E-state index contributed by atoms with van der Waals surface area (Å²) in [5.41, 5.74) is 8.19. The van der Waals surface area contributed by atoms with E-state index in [4.69, 9.17) is 5.73 Å². The molecule has 0 heterocycles. The summed E-state index contributed by atoms with van der Waals surface area (Å²) in [5, 5.41) is 5.79. The van der Waals surface area contributed by atoms with E-state index in [0.717, 1.165) is 36.9 Å². The molecule has 26 heavy (non-hydrogen) atoms. The molecule has 5 nitrogen and oxygen atoms in total. The maximum absolute atomic E-state index is 12.5. The Bertz CT molecular complexity index is 729. The fraction of sp³-hybridized carbons (Fsp3) is 0.333. The summed E-state index contributed by atoms with van der Waals surface area (Å²) >= 11 is 0. The van der Waals surface area contributed by atoms with E-state index in [1.54, 1.807) is 12.1 Å². The third-order valence-electron chi connectivity index (χ3n) is 4.24. The minimum absolute atomic E-state index is 0.0264. The number of rotatable bonds is 9. The van der Waals surface area contributed by atoms with Crippen molar-refractivity contribution >= 4 is 23.2 Å². The maximum atomic E-state index is 12.5. The molecular weight excluding hydrogens is 326 g/mol. The molecular formula is C21H27N3O2. The highest BCUT2D eigenvalue weighted by atomic mass is 16.2. The summed E-state index contributed by atoms with van der Waals surface area (Å²) < 4.78 is 0. The van der Waals surface area contributed by atoms with Gasteiger partial charge in [0.05, 0.1) is 0 Å². The first-order valence-electron chi connectivity index (χ1n) is 9.07. The van der Waals surface area contributed by atoms with E-state index in [0.29, 0.717) is 24.2 Å². The summed E-state index contributed by atoms with van der Waals surface area (Å²) in [4.78, 5) is 24.6. The van der Waals surface area contributed by atoms with Gasteiger partial charge in [0.25, 0.3) is 5.91 Å². The second-order valence-corrected chi connectivity index (χ2v) is 6.30. The molecule has 0 aromatic heterocycles. The smallest absolute Gasteiger partial charge is 0.256 e. The lowest BCUT2D eigenvalue weighted by molar-refractivity contribution is -0.116. The molecule has 2 aromatic rings. The van der Waals surface area contributed by atoms with Crippen LogP contribution in [0.25, 0.3) is 0 Å². The molecule has 2 rings (SSSR count). The van der Waals surface area contributed by atoms with Crippen molar-refractivity contribution in [2.24, 2.45) is 5.73 Å². The molecule has 0 unspecified atom stereocenters. The first-order valence-corrected chi connectivity index (χ1v) is 9.07. The predicted octanol–water partition coefficient (Wildman–Crippen LogP) is 4.10. The Morgan fingerprint density at radius 2 is 1.62 bits per heavy atom. The standard InChI is InChI=1S/C21H27N3O2/c1-16-18(21(26)23-17-10-5-4-6-11-17)12-9-13-19(16)24-20(25)14-7-2-3-8-15-22/h4-6,9-13H,2-3,7-8,14-15,22H2,1H3,(H,23,26)(H,24,25). The number of para-hydroxylation sites is 1. The normalized spacial score (nSPS) is 10.4. The Morgan fingerprint density at radius 1 is 0.885 bits per heavy atom. The molecule has 0 fully saturated rings. The van der Waals surface area contributed by atoms with E-state index in [9.17, 15) is 9.59 Å². The van der Waals surface area contributed by atoms with Crippen molar-refractivity contribution in [2.75, 3.05) is 17.2 Å². The minimum atomic E-state index is -0.188. The zero-order valence-electron chi connectivity index (χ0n) is 15.3. The molecule has 5 heteroatoms. The van der Waals surface area contributed by atoms with Crippen molar-refractivity contribution in [3.05, 3.63) is 59.7 Å². The largest absolute Gasteiger partial charge is 0.330 e. The molecule has 2 amide bonds. The van der Waals surface area contributed by atoms with Gasteiger partial charge in [-0.25, -0.2) is 0 Å². The maximum Gasteiger partial charge on any atom is 0.256 e. The summed E-state index contributed by atoms with van der Waals surface area (Å²) in [5.74, 6) is -0.215. The van der Waals surface area contributed by atoms with Crippen LogP contribution < -0.4 is 16.4 Å². The van der Waals surface area contributed by atoms with E-state index in [2.05, 4.69) is 10.6 Å². The second-order valence-electron chi connectivity index (χ2n) is 6.30. The van der Waals surface area contributed by atoms with Crippen LogP contribution in [-0.2, 0) is 4.79 Å². The number of amides is 2. The van der Waals surface area contributed by atoms with Gasteiger partial charge in [0.15, 0.2) is 0 Å². The summed E-state index contributed by atoms with van der Waals surface area (Å²) in [7, 11) is 0. The molecule has 0 bridgehead atoms.